The monoisotopic (exact) mass is 947 g/mol. The van der Waals surface area contributed by atoms with Crippen molar-refractivity contribution >= 4 is 99.8 Å². The third kappa shape index (κ3) is 11.6. The Morgan fingerprint density at radius 2 is 1.10 bits per heavy atom. The van der Waals surface area contributed by atoms with Crippen LogP contribution < -0.4 is 4.84 Å². The summed E-state index contributed by atoms with van der Waals surface area (Å²) in [5, 5.41) is 4.56. The van der Waals surface area contributed by atoms with Crippen LogP contribution in [-0.2, 0) is 24.2 Å². The van der Waals surface area contributed by atoms with Crippen molar-refractivity contribution in [3.63, 3.8) is 0 Å². The van der Waals surface area contributed by atoms with Crippen LogP contribution in [0.4, 0.5) is 11.4 Å². The first-order valence-corrected chi connectivity index (χ1v) is 29.5. The van der Waals surface area contributed by atoms with Crippen molar-refractivity contribution in [2.45, 2.75) is 183 Å². The summed E-state index contributed by atoms with van der Waals surface area (Å²) in [6.45, 7) is 14.8. The van der Waals surface area contributed by atoms with Crippen molar-refractivity contribution in [3.8, 4) is 29.3 Å². The van der Waals surface area contributed by atoms with E-state index in [9.17, 15) is 0 Å². The van der Waals surface area contributed by atoms with E-state index in [2.05, 4.69) is 81.3 Å². The van der Waals surface area contributed by atoms with E-state index in [0.717, 1.165) is 36.7 Å². The number of hydrogen-bond acceptors (Lipinski definition) is 8. The van der Waals surface area contributed by atoms with Crippen molar-refractivity contribution in [2.75, 3.05) is 6.61 Å². The Morgan fingerprint density at radius 3 is 1.77 bits per heavy atom. The lowest BCUT2D eigenvalue weighted by Gasteiger charge is -2.18. The van der Waals surface area contributed by atoms with Gasteiger partial charge in [-0.1, -0.05) is 157 Å². The molecule has 3 atom stereocenters. The van der Waals surface area contributed by atoms with Crippen LogP contribution in [0, 0.1) is 17.8 Å². The summed E-state index contributed by atoms with van der Waals surface area (Å²) in [6, 6.07) is 9.67. The number of thiophene rings is 5. The molecule has 0 fully saturated rings. The van der Waals surface area contributed by atoms with E-state index in [1.54, 1.807) is 0 Å². The SMILES string of the molecule is CCCCCCCCC(CCCCCC)COn1c2ccsc2c2sc(-c3cc(CC(CC)CCCC)c(-c4sc(-c5sccc5CC(CC)CCCC)c5c4N=S=N5)s3)cc21. The largest absolute Gasteiger partial charge is 0.413 e. The van der Waals surface area contributed by atoms with Gasteiger partial charge in [-0.3, -0.25) is 0 Å². The van der Waals surface area contributed by atoms with Gasteiger partial charge < -0.3 is 4.84 Å². The number of hydrogen-bond donors (Lipinski definition) is 0. The summed E-state index contributed by atoms with van der Waals surface area (Å²) >= 11 is 11.1. The van der Waals surface area contributed by atoms with Crippen LogP contribution in [0.1, 0.15) is 181 Å². The lowest BCUT2D eigenvalue weighted by Crippen LogP contribution is -2.20. The summed E-state index contributed by atoms with van der Waals surface area (Å²) in [5.41, 5.74) is 7.66. The van der Waals surface area contributed by atoms with Crippen LogP contribution in [0.15, 0.2) is 43.8 Å². The fraction of sp³-hybridized carbons (Fsp3) is 0.615. The molecule has 7 heterocycles. The summed E-state index contributed by atoms with van der Waals surface area (Å²) in [6.07, 6.45) is 28.4. The molecule has 0 amide bonds. The van der Waals surface area contributed by atoms with Gasteiger partial charge >= 0.3 is 0 Å². The van der Waals surface area contributed by atoms with Crippen LogP contribution in [0.25, 0.3) is 49.7 Å². The Morgan fingerprint density at radius 1 is 0.516 bits per heavy atom. The summed E-state index contributed by atoms with van der Waals surface area (Å²) in [7, 11) is 0. The molecule has 0 spiro atoms. The third-order valence-electron chi connectivity index (χ3n) is 13.3. The van der Waals surface area contributed by atoms with Gasteiger partial charge in [-0.15, -0.1) is 56.7 Å². The molecule has 62 heavy (non-hydrogen) atoms. The van der Waals surface area contributed by atoms with Crippen molar-refractivity contribution in [1.82, 2.24) is 4.73 Å². The van der Waals surface area contributed by atoms with Crippen molar-refractivity contribution in [2.24, 2.45) is 26.5 Å². The average molecular weight is 949 g/mol. The molecule has 3 unspecified atom stereocenters. The molecule has 6 aromatic heterocycles. The molecular formula is C52H73N3OS6. The van der Waals surface area contributed by atoms with Gasteiger partial charge in [-0.2, -0.15) is 13.5 Å². The molecule has 0 radical (unpaired) electrons. The van der Waals surface area contributed by atoms with E-state index in [1.807, 2.05) is 56.7 Å². The first kappa shape index (κ1) is 47.9. The molecule has 0 saturated heterocycles. The molecule has 0 bridgehead atoms. The second-order valence-corrected chi connectivity index (χ2v) is 23.5. The lowest BCUT2D eigenvalue weighted by atomic mass is 9.91. The van der Waals surface area contributed by atoms with E-state index >= 15 is 0 Å². The first-order valence-electron chi connectivity index (χ1n) is 24.6. The predicted octanol–water partition coefficient (Wildman–Crippen LogP) is 20.1. The van der Waals surface area contributed by atoms with E-state index in [1.165, 1.54) is 201 Å². The van der Waals surface area contributed by atoms with Gasteiger partial charge in [-0.25, -0.2) is 0 Å². The van der Waals surface area contributed by atoms with Gasteiger partial charge in [-0.05, 0) is 89.6 Å². The van der Waals surface area contributed by atoms with Gasteiger partial charge in [0.2, 0.25) is 0 Å². The minimum Gasteiger partial charge on any atom is -0.413 e. The highest BCUT2D eigenvalue weighted by Gasteiger charge is 2.29. The standard InChI is InChI=1S/C52H73N3OS6/c1-7-13-17-19-20-22-26-38(25-21-18-14-8-2)35-56-55-41-28-30-58-49(41)50-42(55)34-44(60-50)43-33-40(32-37(12-6)24-16-10-4)48(59-43)52-46-45(53-62-54-46)51(61-52)47-39(27-29-57-47)31-36(11-5)23-15-9-3/h27-30,33-34,36-38H,7-26,31-32,35H2,1-6H3. The average Bonchev–Trinajstić information content (AvgIpc) is 4.15. The minimum absolute atomic E-state index is 0.607. The third-order valence-corrected chi connectivity index (χ3v) is 19.9. The quantitative estimate of drug-likeness (QED) is 0.0414. The predicted molar refractivity (Wildman–Crippen MR) is 282 cm³/mol. The van der Waals surface area contributed by atoms with E-state index < -0.39 is 0 Å². The number of unbranched alkanes of at least 4 members (excludes halogenated alkanes) is 10. The maximum Gasteiger partial charge on any atom is 0.124 e. The van der Waals surface area contributed by atoms with Crippen molar-refractivity contribution in [3.05, 3.63) is 46.2 Å². The van der Waals surface area contributed by atoms with Crippen LogP contribution >= 0.6 is 56.7 Å². The molecule has 0 saturated carbocycles. The number of nitrogens with zero attached hydrogens (tertiary/aromatic N) is 3. The highest BCUT2D eigenvalue weighted by atomic mass is 32.1. The van der Waals surface area contributed by atoms with Gasteiger partial charge in [0.15, 0.2) is 0 Å². The molecule has 1 aliphatic heterocycles. The minimum atomic E-state index is 0.607. The van der Waals surface area contributed by atoms with Crippen molar-refractivity contribution < 1.29 is 4.84 Å². The zero-order chi connectivity index (χ0) is 43.3. The molecule has 6 aromatic rings. The molecule has 10 heteroatoms. The molecule has 4 nitrogen and oxygen atoms in total. The van der Waals surface area contributed by atoms with Crippen LogP contribution in [0.5, 0.6) is 0 Å². The fourth-order valence-electron chi connectivity index (χ4n) is 9.37. The van der Waals surface area contributed by atoms with Gasteiger partial charge in [0, 0.05) is 14.6 Å². The Balaban J connectivity index is 1.21. The molecule has 0 aromatic carbocycles. The van der Waals surface area contributed by atoms with Crippen LogP contribution in [0.2, 0.25) is 0 Å². The fourth-order valence-corrected chi connectivity index (χ4v) is 15.9. The van der Waals surface area contributed by atoms with E-state index in [-0.39, 0.29) is 0 Å². The van der Waals surface area contributed by atoms with E-state index in [0.29, 0.717) is 11.8 Å². The first-order chi connectivity index (χ1) is 30.5. The molecule has 1 aliphatic rings. The topological polar surface area (TPSA) is 38.9 Å². The number of aromatic nitrogens is 1. The van der Waals surface area contributed by atoms with E-state index in [4.69, 9.17) is 13.6 Å². The van der Waals surface area contributed by atoms with Gasteiger partial charge in [0.25, 0.3) is 0 Å². The van der Waals surface area contributed by atoms with Crippen molar-refractivity contribution in [1.29, 1.82) is 0 Å². The summed E-state index contributed by atoms with van der Waals surface area (Å²) < 4.78 is 15.0. The summed E-state index contributed by atoms with van der Waals surface area (Å²) in [5.74, 6) is 2.01. The zero-order valence-electron chi connectivity index (χ0n) is 38.7. The molecule has 0 N–H and O–H groups in total. The lowest BCUT2D eigenvalue weighted by molar-refractivity contribution is 0.0886. The highest BCUT2D eigenvalue weighted by Crippen LogP contribution is 2.58. The zero-order valence-corrected chi connectivity index (χ0v) is 43.6. The Kier molecular flexibility index (Phi) is 18.9. The molecule has 0 aliphatic carbocycles. The Bertz CT molecular complexity index is 2340. The number of rotatable bonds is 30. The van der Waals surface area contributed by atoms with Gasteiger partial charge in [0.05, 0.1) is 40.9 Å². The number of fused-ring (bicyclic) bond motifs is 4. The van der Waals surface area contributed by atoms with Crippen LogP contribution in [0.3, 0.4) is 0 Å². The Labute approximate surface area is 397 Å². The molecule has 338 valence electrons. The second-order valence-electron chi connectivity index (χ2n) is 18.0. The smallest absolute Gasteiger partial charge is 0.124 e. The normalized spacial score (nSPS) is 14.0. The van der Waals surface area contributed by atoms with Crippen LogP contribution in [-0.4, -0.2) is 11.3 Å². The van der Waals surface area contributed by atoms with Gasteiger partial charge in [0.1, 0.15) is 23.5 Å². The Hall–Kier alpha value is -2.08. The molecular weight excluding hydrogens is 875 g/mol. The maximum absolute atomic E-state index is 6.96. The molecule has 7 rings (SSSR count). The second kappa shape index (κ2) is 24.4. The maximum atomic E-state index is 6.96. The highest BCUT2D eigenvalue weighted by molar-refractivity contribution is 7.58. The summed E-state index contributed by atoms with van der Waals surface area (Å²) in [4.78, 5) is 15.2.